The average molecular weight is 255 g/mol. The molecular formula is C15H29NO2. The van der Waals surface area contributed by atoms with Crippen LogP contribution in [0.4, 0.5) is 0 Å². The fraction of sp³-hybridized carbons (Fsp3) is 0.933. The van der Waals surface area contributed by atoms with Crippen molar-refractivity contribution in [1.29, 1.82) is 0 Å². The summed E-state index contributed by atoms with van der Waals surface area (Å²) in [7, 11) is 0. The first-order chi connectivity index (χ1) is 8.58. The molecule has 18 heavy (non-hydrogen) atoms. The van der Waals surface area contributed by atoms with Gasteiger partial charge < -0.3 is 5.11 Å². The fourth-order valence-corrected chi connectivity index (χ4v) is 3.41. The Bertz CT molecular complexity index is 267. The molecule has 2 unspecified atom stereocenters. The Morgan fingerprint density at radius 2 is 2.06 bits per heavy atom. The fourth-order valence-electron chi connectivity index (χ4n) is 3.41. The van der Waals surface area contributed by atoms with Crippen LogP contribution < -0.4 is 0 Å². The normalized spacial score (nSPS) is 26.4. The SMILES string of the molecule is CCCCCC(C)N1CCCC1(CCC)C(=O)O. The Hall–Kier alpha value is -0.570. The van der Waals surface area contributed by atoms with Crippen molar-refractivity contribution in [2.45, 2.75) is 83.7 Å². The van der Waals surface area contributed by atoms with Crippen LogP contribution in [0.3, 0.4) is 0 Å². The zero-order valence-electron chi connectivity index (χ0n) is 12.2. The summed E-state index contributed by atoms with van der Waals surface area (Å²) < 4.78 is 0. The van der Waals surface area contributed by atoms with Crippen LogP contribution in [0.25, 0.3) is 0 Å². The largest absolute Gasteiger partial charge is 0.480 e. The predicted molar refractivity (Wildman–Crippen MR) is 74.8 cm³/mol. The van der Waals surface area contributed by atoms with E-state index in [9.17, 15) is 9.90 Å². The highest BCUT2D eigenvalue weighted by molar-refractivity contribution is 5.79. The van der Waals surface area contributed by atoms with E-state index in [1.807, 2.05) is 0 Å². The number of rotatable bonds is 8. The standard InChI is InChI=1S/C15H29NO2/c1-4-6-7-9-13(3)16-12-8-11-15(16,10-5-2)14(17)18/h13H,4-12H2,1-3H3,(H,17,18). The van der Waals surface area contributed by atoms with E-state index in [2.05, 4.69) is 25.7 Å². The van der Waals surface area contributed by atoms with E-state index < -0.39 is 11.5 Å². The maximum atomic E-state index is 11.7. The molecule has 0 bridgehead atoms. The maximum Gasteiger partial charge on any atom is 0.324 e. The van der Waals surface area contributed by atoms with Crippen molar-refractivity contribution >= 4 is 5.97 Å². The number of carboxylic acids is 1. The van der Waals surface area contributed by atoms with E-state index in [-0.39, 0.29) is 0 Å². The van der Waals surface area contributed by atoms with Gasteiger partial charge in [0.15, 0.2) is 0 Å². The first-order valence-electron chi connectivity index (χ1n) is 7.58. The lowest BCUT2D eigenvalue weighted by Crippen LogP contribution is -2.53. The van der Waals surface area contributed by atoms with Crippen LogP contribution in [0.2, 0.25) is 0 Å². The highest BCUT2D eigenvalue weighted by Crippen LogP contribution is 2.36. The molecule has 0 radical (unpaired) electrons. The lowest BCUT2D eigenvalue weighted by Gasteiger charge is -2.39. The van der Waals surface area contributed by atoms with Gasteiger partial charge in [-0.25, -0.2) is 0 Å². The summed E-state index contributed by atoms with van der Waals surface area (Å²) in [4.78, 5) is 14.0. The van der Waals surface area contributed by atoms with E-state index >= 15 is 0 Å². The predicted octanol–water partition coefficient (Wildman–Crippen LogP) is 3.67. The molecule has 1 heterocycles. The monoisotopic (exact) mass is 255 g/mol. The lowest BCUT2D eigenvalue weighted by atomic mass is 9.89. The molecule has 1 N–H and O–H groups in total. The highest BCUT2D eigenvalue weighted by Gasteiger charge is 2.48. The molecule has 0 saturated carbocycles. The van der Waals surface area contributed by atoms with Gasteiger partial charge in [-0.05, 0) is 39.2 Å². The second-order valence-electron chi connectivity index (χ2n) is 5.73. The lowest BCUT2D eigenvalue weighted by molar-refractivity contribution is -0.151. The van der Waals surface area contributed by atoms with Gasteiger partial charge in [0.2, 0.25) is 0 Å². The van der Waals surface area contributed by atoms with Gasteiger partial charge in [-0.15, -0.1) is 0 Å². The first kappa shape index (κ1) is 15.5. The summed E-state index contributed by atoms with van der Waals surface area (Å²) in [5.41, 5.74) is -0.569. The molecule has 0 aliphatic carbocycles. The number of hydrogen-bond acceptors (Lipinski definition) is 2. The summed E-state index contributed by atoms with van der Waals surface area (Å²) in [6.45, 7) is 7.45. The third-order valence-electron chi connectivity index (χ3n) is 4.36. The zero-order chi connectivity index (χ0) is 13.6. The Morgan fingerprint density at radius 3 is 2.61 bits per heavy atom. The summed E-state index contributed by atoms with van der Waals surface area (Å²) in [6.07, 6.45) is 8.43. The van der Waals surface area contributed by atoms with E-state index in [1.165, 1.54) is 19.3 Å². The molecule has 1 aliphatic rings. The molecule has 2 atom stereocenters. The number of likely N-dealkylation sites (tertiary alicyclic amines) is 1. The number of hydrogen-bond donors (Lipinski definition) is 1. The highest BCUT2D eigenvalue weighted by atomic mass is 16.4. The van der Waals surface area contributed by atoms with Crippen LogP contribution in [-0.2, 0) is 4.79 Å². The van der Waals surface area contributed by atoms with Gasteiger partial charge in [-0.3, -0.25) is 9.69 Å². The van der Waals surface area contributed by atoms with Crippen LogP contribution in [0.1, 0.15) is 72.1 Å². The number of aliphatic carboxylic acids is 1. The number of carbonyl (C=O) groups is 1. The van der Waals surface area contributed by atoms with Crippen LogP contribution in [0, 0.1) is 0 Å². The van der Waals surface area contributed by atoms with Crippen molar-refractivity contribution in [1.82, 2.24) is 4.90 Å². The van der Waals surface area contributed by atoms with Gasteiger partial charge in [0.25, 0.3) is 0 Å². The Balaban J connectivity index is 2.68. The molecule has 0 spiro atoms. The minimum absolute atomic E-state index is 0.404. The van der Waals surface area contributed by atoms with Crippen molar-refractivity contribution in [2.24, 2.45) is 0 Å². The van der Waals surface area contributed by atoms with Gasteiger partial charge >= 0.3 is 5.97 Å². The zero-order valence-corrected chi connectivity index (χ0v) is 12.2. The maximum absolute atomic E-state index is 11.7. The van der Waals surface area contributed by atoms with E-state index in [1.54, 1.807) is 0 Å². The van der Waals surface area contributed by atoms with Crippen LogP contribution in [-0.4, -0.2) is 34.1 Å². The van der Waals surface area contributed by atoms with Crippen LogP contribution >= 0.6 is 0 Å². The van der Waals surface area contributed by atoms with Crippen molar-refractivity contribution in [2.75, 3.05) is 6.54 Å². The quantitative estimate of drug-likeness (QED) is 0.673. The summed E-state index contributed by atoms with van der Waals surface area (Å²) in [6, 6.07) is 0.404. The molecule has 3 heteroatoms. The van der Waals surface area contributed by atoms with Crippen molar-refractivity contribution in [3.63, 3.8) is 0 Å². The van der Waals surface area contributed by atoms with Crippen molar-refractivity contribution < 1.29 is 9.90 Å². The van der Waals surface area contributed by atoms with E-state index in [4.69, 9.17) is 0 Å². The van der Waals surface area contributed by atoms with E-state index in [0.717, 1.165) is 38.6 Å². The van der Waals surface area contributed by atoms with Crippen molar-refractivity contribution in [3.8, 4) is 0 Å². The van der Waals surface area contributed by atoms with Gasteiger partial charge in [-0.1, -0.05) is 39.5 Å². The molecule has 1 saturated heterocycles. The minimum Gasteiger partial charge on any atom is -0.480 e. The van der Waals surface area contributed by atoms with Gasteiger partial charge in [-0.2, -0.15) is 0 Å². The van der Waals surface area contributed by atoms with Crippen LogP contribution in [0.5, 0.6) is 0 Å². The molecule has 1 aliphatic heterocycles. The molecular weight excluding hydrogens is 226 g/mol. The van der Waals surface area contributed by atoms with Gasteiger partial charge in [0, 0.05) is 6.04 Å². The van der Waals surface area contributed by atoms with Gasteiger partial charge in [0.05, 0.1) is 0 Å². The molecule has 0 aromatic heterocycles. The van der Waals surface area contributed by atoms with Crippen LogP contribution in [0.15, 0.2) is 0 Å². The Labute approximate surface area is 112 Å². The summed E-state index contributed by atoms with van der Waals surface area (Å²) in [5, 5.41) is 9.64. The smallest absolute Gasteiger partial charge is 0.324 e. The molecule has 106 valence electrons. The molecule has 1 fully saturated rings. The van der Waals surface area contributed by atoms with Gasteiger partial charge in [0.1, 0.15) is 5.54 Å². The first-order valence-corrected chi connectivity index (χ1v) is 7.58. The third-order valence-corrected chi connectivity index (χ3v) is 4.36. The third kappa shape index (κ3) is 3.25. The van der Waals surface area contributed by atoms with E-state index in [0.29, 0.717) is 6.04 Å². The molecule has 0 aromatic rings. The second-order valence-corrected chi connectivity index (χ2v) is 5.73. The number of unbranched alkanes of at least 4 members (excludes halogenated alkanes) is 2. The number of carboxylic acid groups (broad SMARTS) is 1. The number of nitrogens with zero attached hydrogens (tertiary/aromatic N) is 1. The molecule has 0 aromatic carbocycles. The molecule has 1 rings (SSSR count). The molecule has 3 nitrogen and oxygen atoms in total. The second kappa shape index (κ2) is 7.13. The Kier molecular flexibility index (Phi) is 6.13. The minimum atomic E-state index is -0.607. The topological polar surface area (TPSA) is 40.5 Å². The van der Waals surface area contributed by atoms with Crippen molar-refractivity contribution in [3.05, 3.63) is 0 Å². The molecule has 0 amide bonds. The Morgan fingerprint density at radius 1 is 1.33 bits per heavy atom. The average Bonchev–Trinajstić information content (AvgIpc) is 2.75. The summed E-state index contributed by atoms with van der Waals surface area (Å²) in [5.74, 6) is -0.607. The summed E-state index contributed by atoms with van der Waals surface area (Å²) >= 11 is 0.